The molecule has 0 fully saturated rings. The lowest BCUT2D eigenvalue weighted by atomic mass is 10.1. The molecule has 0 aromatic heterocycles. The fraction of sp³-hybridized carbons (Fsp3) is 0.455. The van der Waals surface area contributed by atoms with Crippen molar-refractivity contribution in [3.8, 4) is 0 Å². The van der Waals surface area contributed by atoms with Gasteiger partial charge in [-0.2, -0.15) is 0 Å². The number of rotatable bonds is 4. The van der Waals surface area contributed by atoms with Gasteiger partial charge in [0.2, 0.25) is 9.04 Å². The van der Waals surface area contributed by atoms with E-state index < -0.39 is 9.04 Å². The van der Waals surface area contributed by atoms with Gasteiger partial charge in [0.05, 0.1) is 0 Å². The van der Waals surface area contributed by atoms with Crippen LogP contribution in [0.5, 0.6) is 0 Å². The van der Waals surface area contributed by atoms with Crippen molar-refractivity contribution in [3.05, 3.63) is 29.8 Å². The molecule has 0 aliphatic rings. The van der Waals surface area contributed by atoms with E-state index in [1.165, 1.54) is 10.8 Å². The highest BCUT2D eigenvalue weighted by Gasteiger charge is 2.11. The van der Waals surface area contributed by atoms with Crippen LogP contribution in [0.1, 0.15) is 25.8 Å². The monoisotopic (exact) mass is 193 g/mol. The van der Waals surface area contributed by atoms with Crippen LogP contribution in [0.2, 0.25) is 6.04 Å². The summed E-state index contributed by atoms with van der Waals surface area (Å²) in [6.07, 6.45) is 2.24. The molecule has 0 spiro atoms. The molecular weight excluding hydrogens is 176 g/mol. The lowest BCUT2D eigenvalue weighted by Gasteiger charge is -2.10. The Hall–Kier alpha value is -0.603. The van der Waals surface area contributed by atoms with Crippen molar-refractivity contribution in [2.45, 2.75) is 32.7 Å². The van der Waals surface area contributed by atoms with Crippen LogP contribution in [-0.4, -0.2) is 13.8 Å². The average molecular weight is 193 g/mol. The van der Waals surface area contributed by atoms with Gasteiger partial charge in [0.1, 0.15) is 0 Å². The molecule has 1 radical (unpaired) electrons. The summed E-state index contributed by atoms with van der Waals surface area (Å²) in [5.74, 6) is 0. The van der Waals surface area contributed by atoms with Gasteiger partial charge in [0.15, 0.2) is 0 Å². The fourth-order valence-electron chi connectivity index (χ4n) is 1.48. The highest BCUT2D eigenvalue weighted by atomic mass is 28.3. The van der Waals surface area contributed by atoms with Crippen molar-refractivity contribution in [2.24, 2.45) is 0 Å². The molecule has 1 nitrogen and oxygen atoms in total. The van der Waals surface area contributed by atoms with E-state index in [4.69, 9.17) is 0 Å². The van der Waals surface area contributed by atoms with Gasteiger partial charge in [-0.15, -0.1) is 0 Å². The van der Waals surface area contributed by atoms with Crippen LogP contribution in [0, 0.1) is 0 Å². The lowest BCUT2D eigenvalue weighted by molar-refractivity contribution is 0.585. The molecule has 0 aliphatic carbocycles. The van der Waals surface area contributed by atoms with Crippen molar-refractivity contribution in [3.63, 3.8) is 0 Å². The maximum atomic E-state index is 9.84. The van der Waals surface area contributed by atoms with E-state index in [1.54, 1.807) is 0 Å². The summed E-state index contributed by atoms with van der Waals surface area (Å²) >= 11 is 0. The Kier molecular flexibility index (Phi) is 4.19. The maximum absolute atomic E-state index is 9.84. The number of hydrogen-bond donors (Lipinski definition) is 1. The Morgan fingerprint density at radius 2 is 1.92 bits per heavy atom. The van der Waals surface area contributed by atoms with E-state index >= 15 is 0 Å². The first-order valence-electron chi connectivity index (χ1n) is 4.92. The molecule has 1 aromatic carbocycles. The molecule has 0 saturated heterocycles. The first-order valence-corrected chi connectivity index (χ1v) is 6.58. The van der Waals surface area contributed by atoms with Crippen molar-refractivity contribution in [2.75, 3.05) is 0 Å². The zero-order chi connectivity index (χ0) is 9.68. The van der Waals surface area contributed by atoms with Gasteiger partial charge >= 0.3 is 0 Å². The van der Waals surface area contributed by atoms with Gasteiger partial charge in [0.25, 0.3) is 0 Å². The first-order chi connectivity index (χ1) is 6.29. The zero-order valence-electron chi connectivity index (χ0n) is 8.38. The van der Waals surface area contributed by atoms with Gasteiger partial charge in [-0.05, 0) is 23.2 Å². The minimum atomic E-state index is -1.26. The predicted molar refractivity (Wildman–Crippen MR) is 58.5 cm³/mol. The van der Waals surface area contributed by atoms with Crippen molar-refractivity contribution in [1.29, 1.82) is 0 Å². The molecule has 13 heavy (non-hydrogen) atoms. The molecule has 2 heteroatoms. The van der Waals surface area contributed by atoms with Crippen LogP contribution in [0.25, 0.3) is 0 Å². The van der Waals surface area contributed by atoms with E-state index in [9.17, 15) is 4.80 Å². The third-order valence-electron chi connectivity index (χ3n) is 2.18. The summed E-state index contributed by atoms with van der Waals surface area (Å²) in [6.45, 7) is 4.23. The average Bonchev–Trinajstić information content (AvgIpc) is 2.18. The summed E-state index contributed by atoms with van der Waals surface area (Å²) in [5, 5.41) is 1.21. The Labute approximate surface area is 82.2 Å². The third-order valence-corrected chi connectivity index (χ3v) is 3.96. The molecular formula is C11H17OSi. The standard InChI is InChI=1S/C11H17OSi/c1-3-7-10-8-5-6-9-11(10)13(12)4-2/h5-6,8-9,12H,3-4,7H2,1-2H3. The fourth-order valence-corrected chi connectivity index (χ4v) is 2.73. The van der Waals surface area contributed by atoms with Crippen LogP contribution in [0.15, 0.2) is 24.3 Å². The van der Waals surface area contributed by atoms with Crippen LogP contribution in [0.3, 0.4) is 0 Å². The molecule has 1 rings (SSSR count). The third kappa shape index (κ3) is 2.67. The minimum absolute atomic E-state index is 0.894. The smallest absolute Gasteiger partial charge is 0.242 e. The lowest BCUT2D eigenvalue weighted by Crippen LogP contribution is -2.32. The summed E-state index contributed by atoms with van der Waals surface area (Å²) < 4.78 is 0. The molecule has 0 heterocycles. The highest BCUT2D eigenvalue weighted by molar-refractivity contribution is 6.66. The summed E-state index contributed by atoms with van der Waals surface area (Å²) in [6, 6.07) is 9.17. The molecule has 1 aromatic rings. The Balaban J connectivity index is 2.90. The van der Waals surface area contributed by atoms with Gasteiger partial charge in [-0.25, -0.2) is 0 Å². The van der Waals surface area contributed by atoms with Crippen LogP contribution in [-0.2, 0) is 6.42 Å². The number of benzene rings is 1. The second-order valence-corrected chi connectivity index (χ2v) is 5.35. The van der Waals surface area contributed by atoms with Gasteiger partial charge in [0, 0.05) is 0 Å². The van der Waals surface area contributed by atoms with Crippen molar-refractivity contribution in [1.82, 2.24) is 0 Å². The number of aryl methyl sites for hydroxylation is 1. The Morgan fingerprint density at radius 3 is 2.54 bits per heavy atom. The highest BCUT2D eigenvalue weighted by Crippen LogP contribution is 2.02. The number of hydrogen-bond acceptors (Lipinski definition) is 1. The van der Waals surface area contributed by atoms with Gasteiger partial charge in [-0.3, -0.25) is 0 Å². The maximum Gasteiger partial charge on any atom is 0.242 e. The molecule has 0 bridgehead atoms. The summed E-state index contributed by atoms with van der Waals surface area (Å²) in [5.41, 5.74) is 1.34. The zero-order valence-corrected chi connectivity index (χ0v) is 9.38. The topological polar surface area (TPSA) is 20.2 Å². The SMILES string of the molecule is CCCc1ccccc1[Si](O)CC. The molecule has 0 amide bonds. The molecule has 0 saturated carbocycles. The van der Waals surface area contributed by atoms with Crippen molar-refractivity contribution < 1.29 is 4.80 Å². The summed E-state index contributed by atoms with van der Waals surface area (Å²) in [7, 11) is -1.26. The first kappa shape index (κ1) is 10.5. The molecule has 71 valence electrons. The van der Waals surface area contributed by atoms with E-state index in [2.05, 4.69) is 32.0 Å². The van der Waals surface area contributed by atoms with Crippen molar-refractivity contribution >= 4 is 14.2 Å². The van der Waals surface area contributed by atoms with Crippen LogP contribution < -0.4 is 5.19 Å². The molecule has 0 atom stereocenters. The minimum Gasteiger partial charge on any atom is -0.427 e. The normalized spacial score (nSPS) is 10.8. The van der Waals surface area contributed by atoms with Gasteiger partial charge < -0.3 is 4.80 Å². The second-order valence-electron chi connectivity index (χ2n) is 3.21. The van der Waals surface area contributed by atoms with E-state index in [0.717, 1.165) is 18.9 Å². The van der Waals surface area contributed by atoms with E-state index in [0.29, 0.717) is 0 Å². The molecule has 0 unspecified atom stereocenters. The van der Waals surface area contributed by atoms with Gasteiger partial charge in [-0.1, -0.05) is 44.5 Å². The Bertz CT molecular complexity index is 260. The largest absolute Gasteiger partial charge is 0.427 e. The predicted octanol–water partition coefficient (Wildman–Crippen LogP) is 1.85. The van der Waals surface area contributed by atoms with E-state index in [1.807, 2.05) is 6.07 Å². The van der Waals surface area contributed by atoms with E-state index in [-0.39, 0.29) is 0 Å². The molecule has 0 aliphatic heterocycles. The molecule has 1 N–H and O–H groups in total. The Morgan fingerprint density at radius 1 is 1.23 bits per heavy atom. The van der Waals surface area contributed by atoms with Crippen LogP contribution in [0.4, 0.5) is 0 Å². The second kappa shape index (κ2) is 5.20. The summed E-state index contributed by atoms with van der Waals surface area (Å²) in [4.78, 5) is 9.84. The van der Waals surface area contributed by atoms with Crippen LogP contribution >= 0.6 is 0 Å². The quantitative estimate of drug-likeness (QED) is 0.724.